The summed E-state index contributed by atoms with van der Waals surface area (Å²) in [5.41, 5.74) is 8.84. The van der Waals surface area contributed by atoms with Crippen LogP contribution in [0, 0.1) is 0 Å². The van der Waals surface area contributed by atoms with Gasteiger partial charge < -0.3 is 37.9 Å². The fourth-order valence-electron chi connectivity index (χ4n) is 8.17. The normalized spacial score (nSPS) is 15.0. The molecule has 1 aliphatic carbocycles. The van der Waals surface area contributed by atoms with Crippen molar-refractivity contribution in [2.24, 2.45) is 0 Å². The molecule has 8 heteroatoms. The van der Waals surface area contributed by atoms with Crippen molar-refractivity contribution in [3.05, 3.63) is 154 Å². The summed E-state index contributed by atoms with van der Waals surface area (Å²) < 4.78 is 51.5. The lowest BCUT2D eigenvalue weighted by molar-refractivity contribution is 0.0761. The maximum absolute atomic E-state index is 6.76. The maximum Gasteiger partial charge on any atom is 0.127 e. The summed E-state index contributed by atoms with van der Waals surface area (Å²) in [4.78, 5) is 0. The fourth-order valence-corrected chi connectivity index (χ4v) is 8.17. The van der Waals surface area contributed by atoms with E-state index in [0.717, 1.165) is 103 Å². The molecule has 60 heavy (non-hydrogen) atoms. The van der Waals surface area contributed by atoms with Gasteiger partial charge in [0.05, 0.1) is 39.6 Å². The molecule has 8 nitrogen and oxygen atoms in total. The Hall–Kier alpha value is -5.70. The Morgan fingerprint density at radius 2 is 0.683 bits per heavy atom. The van der Waals surface area contributed by atoms with E-state index < -0.39 is 0 Å². The second-order valence-corrected chi connectivity index (χ2v) is 15.3. The van der Waals surface area contributed by atoms with Gasteiger partial charge >= 0.3 is 0 Å². The molecule has 0 unspecified atom stereocenters. The monoisotopic (exact) mass is 808 g/mol. The van der Waals surface area contributed by atoms with Crippen molar-refractivity contribution in [3.8, 4) is 34.5 Å². The highest BCUT2D eigenvalue weighted by atomic mass is 16.6. The predicted octanol–water partition coefficient (Wildman–Crippen LogP) is 10.4. The first-order valence-electron chi connectivity index (χ1n) is 21.6. The van der Waals surface area contributed by atoms with Crippen molar-refractivity contribution in [1.29, 1.82) is 0 Å². The zero-order valence-electron chi connectivity index (χ0n) is 35.0. The smallest absolute Gasteiger partial charge is 0.127 e. The van der Waals surface area contributed by atoms with Crippen molar-refractivity contribution in [2.45, 2.75) is 52.4 Å². The number of para-hydroxylation sites is 4. The molecule has 9 rings (SSSR count). The summed E-state index contributed by atoms with van der Waals surface area (Å²) in [7, 11) is 0. The minimum atomic E-state index is 0.387. The van der Waals surface area contributed by atoms with E-state index in [1.165, 1.54) is 0 Å². The van der Waals surface area contributed by atoms with E-state index in [1.54, 1.807) is 0 Å². The summed E-state index contributed by atoms with van der Waals surface area (Å²) in [6.45, 7) is 8.78. The van der Waals surface area contributed by atoms with Crippen LogP contribution in [0.4, 0.5) is 0 Å². The van der Waals surface area contributed by atoms with Crippen LogP contribution < -0.4 is 28.4 Å². The Kier molecular flexibility index (Phi) is 14.0. The molecule has 0 spiro atoms. The quantitative estimate of drug-likeness (QED) is 0.154. The highest BCUT2D eigenvalue weighted by Gasteiger charge is 2.22. The Morgan fingerprint density at radius 1 is 0.367 bits per heavy atom. The first kappa shape index (κ1) is 41.1. The maximum atomic E-state index is 6.76. The first-order valence-corrected chi connectivity index (χ1v) is 21.6. The van der Waals surface area contributed by atoms with Gasteiger partial charge in [0, 0.05) is 36.5 Å². The van der Waals surface area contributed by atoms with Crippen LogP contribution in [0.25, 0.3) is 10.8 Å². The molecule has 6 aromatic carbocycles. The number of ether oxygens (including phenoxy) is 8. The molecule has 0 atom stereocenters. The number of hydrogen-bond donors (Lipinski definition) is 0. The van der Waals surface area contributed by atoms with Crippen molar-refractivity contribution in [1.82, 2.24) is 0 Å². The molecule has 3 aliphatic rings. The van der Waals surface area contributed by atoms with Gasteiger partial charge in [-0.05, 0) is 69.5 Å². The minimum Gasteiger partial charge on any atom is -0.493 e. The predicted molar refractivity (Wildman–Crippen MR) is 236 cm³/mol. The van der Waals surface area contributed by atoms with Gasteiger partial charge in [-0.25, -0.2) is 0 Å². The summed E-state index contributed by atoms with van der Waals surface area (Å²) in [6.07, 6.45) is 4.36. The molecule has 6 aromatic rings. The van der Waals surface area contributed by atoms with Crippen molar-refractivity contribution in [3.63, 3.8) is 0 Å². The molecule has 0 N–H and O–H groups in total. The van der Waals surface area contributed by atoms with E-state index in [0.29, 0.717) is 91.8 Å². The molecular formula is C52H56O8. The third-order valence-electron chi connectivity index (χ3n) is 10.9. The summed E-state index contributed by atoms with van der Waals surface area (Å²) in [5, 5.41) is 1.98. The van der Waals surface area contributed by atoms with Crippen LogP contribution in [0.2, 0.25) is 0 Å². The topological polar surface area (TPSA) is 73.8 Å². The summed E-state index contributed by atoms with van der Waals surface area (Å²) in [6, 6.07) is 38.0. The average Bonchev–Trinajstić information content (AvgIpc) is 3.26. The summed E-state index contributed by atoms with van der Waals surface area (Å²) >= 11 is 0. The zero-order chi connectivity index (χ0) is 40.9. The SMILES string of the molecule is CCCOc1c2cccc1Cc1cccc3c1OCCOCCOc1cccc4c(cccc14)OCCOCCOc1c(cccc1Cc1cccc(c1OCCC)C3)C2. The fraction of sp³-hybridized carbons (Fsp3) is 0.346. The lowest BCUT2D eigenvalue weighted by atomic mass is 9.91. The van der Waals surface area contributed by atoms with Crippen LogP contribution in [0.3, 0.4) is 0 Å². The Labute approximate surface area is 354 Å². The van der Waals surface area contributed by atoms with E-state index >= 15 is 0 Å². The molecule has 0 aromatic heterocycles. The van der Waals surface area contributed by atoms with Gasteiger partial charge in [-0.3, -0.25) is 0 Å². The van der Waals surface area contributed by atoms with Gasteiger partial charge in [0.15, 0.2) is 0 Å². The van der Waals surface area contributed by atoms with Crippen LogP contribution >= 0.6 is 0 Å². The number of benzene rings is 6. The Bertz CT molecular complexity index is 2100. The Balaban J connectivity index is 1.20. The highest BCUT2D eigenvalue weighted by molar-refractivity contribution is 5.93. The Morgan fingerprint density at radius 3 is 1.03 bits per heavy atom. The highest BCUT2D eigenvalue weighted by Crippen LogP contribution is 2.39. The van der Waals surface area contributed by atoms with Gasteiger partial charge in [0.2, 0.25) is 0 Å². The van der Waals surface area contributed by atoms with Gasteiger partial charge in [-0.1, -0.05) is 111 Å². The lowest BCUT2D eigenvalue weighted by Gasteiger charge is -2.22. The van der Waals surface area contributed by atoms with E-state index in [1.807, 2.05) is 24.3 Å². The van der Waals surface area contributed by atoms with Crippen LogP contribution in [0.15, 0.2) is 109 Å². The molecule has 0 saturated heterocycles. The van der Waals surface area contributed by atoms with E-state index in [9.17, 15) is 0 Å². The van der Waals surface area contributed by atoms with Gasteiger partial charge in [0.1, 0.15) is 60.9 Å². The number of rotatable bonds is 6. The van der Waals surface area contributed by atoms with Crippen LogP contribution in [0.1, 0.15) is 71.2 Å². The van der Waals surface area contributed by atoms with Crippen LogP contribution in [-0.2, 0) is 35.2 Å². The minimum absolute atomic E-state index is 0.387. The molecule has 14 bridgehead atoms. The first-order chi connectivity index (χ1) is 29.7. The number of hydrogen-bond acceptors (Lipinski definition) is 8. The molecule has 2 aliphatic heterocycles. The second kappa shape index (κ2) is 20.5. The standard InChI is InChI=1S/C52H56O8/c1-3-23-57-49-37-11-5-12-38(49)34-42-16-8-18-44-36-40-14-6-13-39(50(40)58-24-4-2)35-43-17-7-15-41(33-37)51(43)59-31-27-53-25-29-55-47-21-9-20-46-45(47)19-10-22-48(46)56-30-26-54-28-32-60-52(42)44/h5-22H,3-4,23-36H2,1-2H3. The van der Waals surface area contributed by atoms with Crippen molar-refractivity contribution in [2.75, 3.05) is 66.1 Å². The third kappa shape index (κ3) is 9.83. The van der Waals surface area contributed by atoms with Crippen molar-refractivity contribution < 1.29 is 37.9 Å². The van der Waals surface area contributed by atoms with Gasteiger partial charge in [0.25, 0.3) is 0 Å². The second-order valence-electron chi connectivity index (χ2n) is 15.3. The molecule has 0 radical (unpaired) electrons. The molecule has 0 fully saturated rings. The molecule has 0 saturated carbocycles. The molecule has 2 heterocycles. The molecule has 312 valence electrons. The molecular weight excluding hydrogens is 753 g/mol. The van der Waals surface area contributed by atoms with Crippen molar-refractivity contribution >= 4 is 10.8 Å². The third-order valence-corrected chi connectivity index (χ3v) is 10.9. The van der Waals surface area contributed by atoms with E-state index in [-0.39, 0.29) is 0 Å². The number of fused-ring (bicyclic) bond motifs is 12. The molecule has 0 amide bonds. The largest absolute Gasteiger partial charge is 0.493 e. The lowest BCUT2D eigenvalue weighted by Crippen LogP contribution is -2.14. The van der Waals surface area contributed by atoms with Crippen LogP contribution in [-0.4, -0.2) is 66.1 Å². The van der Waals surface area contributed by atoms with E-state index in [4.69, 9.17) is 37.9 Å². The van der Waals surface area contributed by atoms with E-state index in [2.05, 4.69) is 98.8 Å². The van der Waals surface area contributed by atoms with Crippen LogP contribution in [0.5, 0.6) is 34.5 Å². The average molecular weight is 809 g/mol. The van der Waals surface area contributed by atoms with Gasteiger partial charge in [-0.15, -0.1) is 0 Å². The summed E-state index contributed by atoms with van der Waals surface area (Å²) in [5.74, 6) is 5.16. The van der Waals surface area contributed by atoms with Gasteiger partial charge in [-0.2, -0.15) is 0 Å². The zero-order valence-corrected chi connectivity index (χ0v) is 35.0.